The lowest BCUT2D eigenvalue weighted by Gasteiger charge is -2.36. The summed E-state index contributed by atoms with van der Waals surface area (Å²) >= 11 is 0. The van der Waals surface area contributed by atoms with Crippen molar-refractivity contribution >= 4 is 28.3 Å². The molecule has 226 valence electrons. The van der Waals surface area contributed by atoms with E-state index < -0.39 is 0 Å². The summed E-state index contributed by atoms with van der Waals surface area (Å²) < 4.78 is 6.03. The van der Waals surface area contributed by atoms with Crippen LogP contribution in [0.2, 0.25) is 0 Å². The zero-order valence-electron chi connectivity index (χ0n) is 25.7. The van der Waals surface area contributed by atoms with Gasteiger partial charge in [0.2, 0.25) is 5.91 Å². The molecule has 8 heteroatoms. The number of carbonyl (C=O) groups is 1. The first kappa shape index (κ1) is 29.2. The Balaban J connectivity index is 0.981. The van der Waals surface area contributed by atoms with Crippen LogP contribution in [-0.4, -0.2) is 84.6 Å². The summed E-state index contributed by atoms with van der Waals surface area (Å²) in [6.07, 6.45) is 2.37. The molecule has 43 heavy (non-hydrogen) atoms. The first-order valence-electron chi connectivity index (χ1n) is 15.6. The van der Waals surface area contributed by atoms with E-state index in [1.807, 2.05) is 24.3 Å². The van der Waals surface area contributed by atoms with Gasteiger partial charge in [-0.05, 0) is 73.3 Å². The molecule has 3 aromatic carbocycles. The fourth-order valence-electron chi connectivity index (χ4n) is 6.02. The van der Waals surface area contributed by atoms with Crippen LogP contribution in [0.15, 0.2) is 66.7 Å². The van der Waals surface area contributed by atoms with Gasteiger partial charge in [0.05, 0.1) is 17.7 Å². The summed E-state index contributed by atoms with van der Waals surface area (Å²) in [4.78, 5) is 28.0. The molecule has 0 bridgehead atoms. The van der Waals surface area contributed by atoms with Gasteiger partial charge >= 0.3 is 0 Å². The summed E-state index contributed by atoms with van der Waals surface area (Å²) in [7, 11) is 0. The minimum Gasteiger partial charge on any atom is -0.492 e. The number of piperazine rings is 1. The highest BCUT2D eigenvalue weighted by Gasteiger charge is 2.21. The van der Waals surface area contributed by atoms with Gasteiger partial charge in [0.1, 0.15) is 23.7 Å². The number of nitrogens with one attached hydrogen (secondary N) is 2. The van der Waals surface area contributed by atoms with E-state index in [2.05, 4.69) is 88.2 Å². The summed E-state index contributed by atoms with van der Waals surface area (Å²) in [5.74, 6) is 1.78. The molecule has 0 aliphatic carbocycles. The van der Waals surface area contributed by atoms with E-state index in [1.165, 1.54) is 24.1 Å². The molecule has 2 N–H and O–H groups in total. The van der Waals surface area contributed by atoms with Gasteiger partial charge in [0, 0.05) is 44.0 Å². The number of anilines is 2. The van der Waals surface area contributed by atoms with Gasteiger partial charge in [0.25, 0.3) is 0 Å². The fourth-order valence-corrected chi connectivity index (χ4v) is 6.02. The quantitative estimate of drug-likeness (QED) is 0.262. The number of rotatable bonds is 9. The number of amides is 1. The zero-order chi connectivity index (χ0) is 29.8. The van der Waals surface area contributed by atoms with E-state index >= 15 is 0 Å². The summed E-state index contributed by atoms with van der Waals surface area (Å²) in [6, 6.07) is 22.9. The number of imidazole rings is 1. The molecule has 0 unspecified atom stereocenters. The third-order valence-corrected chi connectivity index (χ3v) is 8.61. The van der Waals surface area contributed by atoms with Crippen LogP contribution in [0.1, 0.15) is 39.2 Å². The number of para-hydroxylation sites is 1. The Hall–Kier alpha value is -3.88. The number of hydrogen-bond donors (Lipinski definition) is 2. The molecular formula is C35H44N6O2. The molecule has 0 atom stereocenters. The Labute approximate surface area is 255 Å². The number of aromatic nitrogens is 2. The second-order valence-electron chi connectivity index (χ2n) is 12.8. The number of ether oxygens (including phenoxy) is 1. The molecule has 3 heterocycles. The average Bonchev–Trinajstić information content (AvgIpc) is 3.68. The van der Waals surface area contributed by atoms with Crippen LogP contribution in [0, 0.1) is 0 Å². The standard InChI is InChI=1S/C35H44N6O2/c1-35(2,3)27-11-9-26(10-12-27)34-37-30-7-6-8-31(33(30)38-34)41-21-19-39(20-22-41)23-24-43-29-15-13-28(14-16-29)36-32(42)25-40-17-4-5-18-40/h6-16H,4-5,17-25H2,1-3H3,(H,36,42)(H,37,38). The molecule has 2 aliphatic rings. The second kappa shape index (κ2) is 12.8. The van der Waals surface area contributed by atoms with Crippen molar-refractivity contribution in [3.63, 3.8) is 0 Å². The first-order valence-corrected chi connectivity index (χ1v) is 15.6. The fraction of sp³-hybridized carbons (Fsp3) is 0.429. The van der Waals surface area contributed by atoms with Crippen molar-refractivity contribution in [3.8, 4) is 17.1 Å². The topological polar surface area (TPSA) is 76.7 Å². The maximum absolute atomic E-state index is 12.3. The SMILES string of the molecule is CC(C)(C)c1ccc(-c2nc3c(N4CCN(CCOc5ccc(NC(=O)CN6CCCC6)cc5)CC4)cccc3[nH]2)cc1. The molecule has 1 amide bonds. The lowest BCUT2D eigenvalue weighted by atomic mass is 9.87. The van der Waals surface area contributed by atoms with Gasteiger partial charge in [-0.2, -0.15) is 0 Å². The Kier molecular flexibility index (Phi) is 8.68. The van der Waals surface area contributed by atoms with Crippen LogP contribution < -0.4 is 15.0 Å². The van der Waals surface area contributed by atoms with E-state index in [-0.39, 0.29) is 11.3 Å². The van der Waals surface area contributed by atoms with Gasteiger partial charge in [-0.1, -0.05) is 51.1 Å². The van der Waals surface area contributed by atoms with Crippen LogP contribution >= 0.6 is 0 Å². The van der Waals surface area contributed by atoms with Crippen LogP contribution in [0.25, 0.3) is 22.4 Å². The summed E-state index contributed by atoms with van der Waals surface area (Å²) in [5.41, 5.74) is 6.66. The van der Waals surface area contributed by atoms with E-state index in [9.17, 15) is 4.79 Å². The van der Waals surface area contributed by atoms with Crippen molar-refractivity contribution < 1.29 is 9.53 Å². The van der Waals surface area contributed by atoms with Crippen molar-refractivity contribution in [1.82, 2.24) is 19.8 Å². The molecule has 6 rings (SSSR count). The molecule has 0 saturated carbocycles. The Bertz CT molecular complexity index is 1510. The van der Waals surface area contributed by atoms with E-state index in [0.29, 0.717) is 13.2 Å². The molecule has 2 aliphatic heterocycles. The minimum absolute atomic E-state index is 0.0459. The van der Waals surface area contributed by atoms with Crippen LogP contribution in [0.5, 0.6) is 5.75 Å². The summed E-state index contributed by atoms with van der Waals surface area (Å²) in [5, 5.41) is 2.99. The monoisotopic (exact) mass is 580 g/mol. The lowest BCUT2D eigenvalue weighted by molar-refractivity contribution is -0.117. The van der Waals surface area contributed by atoms with Gasteiger partial charge in [-0.3, -0.25) is 14.6 Å². The van der Waals surface area contributed by atoms with Crippen molar-refractivity contribution in [2.75, 3.05) is 69.2 Å². The smallest absolute Gasteiger partial charge is 0.238 e. The Morgan fingerprint density at radius 1 is 0.884 bits per heavy atom. The highest BCUT2D eigenvalue weighted by molar-refractivity contribution is 5.92. The number of benzene rings is 3. The predicted molar refractivity (Wildman–Crippen MR) is 175 cm³/mol. The van der Waals surface area contributed by atoms with Crippen molar-refractivity contribution in [2.24, 2.45) is 0 Å². The second-order valence-corrected chi connectivity index (χ2v) is 12.8. The normalized spacial score (nSPS) is 16.6. The van der Waals surface area contributed by atoms with Crippen LogP contribution in [0.4, 0.5) is 11.4 Å². The van der Waals surface area contributed by atoms with Crippen LogP contribution in [-0.2, 0) is 10.2 Å². The highest BCUT2D eigenvalue weighted by Crippen LogP contribution is 2.30. The van der Waals surface area contributed by atoms with Crippen molar-refractivity contribution in [1.29, 1.82) is 0 Å². The number of fused-ring (bicyclic) bond motifs is 1. The van der Waals surface area contributed by atoms with Gasteiger partial charge in [-0.25, -0.2) is 4.98 Å². The molecule has 4 aromatic rings. The van der Waals surface area contributed by atoms with Crippen LogP contribution in [0.3, 0.4) is 0 Å². The van der Waals surface area contributed by atoms with E-state index in [0.717, 1.165) is 79.7 Å². The average molecular weight is 581 g/mol. The number of aromatic amines is 1. The van der Waals surface area contributed by atoms with E-state index in [1.54, 1.807) is 0 Å². The highest BCUT2D eigenvalue weighted by atomic mass is 16.5. The zero-order valence-corrected chi connectivity index (χ0v) is 25.7. The molecule has 2 saturated heterocycles. The lowest BCUT2D eigenvalue weighted by Crippen LogP contribution is -2.47. The summed E-state index contributed by atoms with van der Waals surface area (Å²) in [6.45, 7) is 14.6. The van der Waals surface area contributed by atoms with Crippen molar-refractivity contribution in [2.45, 2.75) is 39.0 Å². The minimum atomic E-state index is 0.0459. The maximum atomic E-state index is 12.3. The Morgan fingerprint density at radius 3 is 2.30 bits per heavy atom. The van der Waals surface area contributed by atoms with Gasteiger partial charge < -0.3 is 19.9 Å². The van der Waals surface area contributed by atoms with Gasteiger partial charge in [-0.15, -0.1) is 0 Å². The molecular weight excluding hydrogens is 536 g/mol. The third-order valence-electron chi connectivity index (χ3n) is 8.61. The predicted octanol–water partition coefficient (Wildman–Crippen LogP) is 5.76. The number of H-pyrrole nitrogens is 1. The number of likely N-dealkylation sites (tertiary alicyclic amines) is 1. The molecule has 1 aromatic heterocycles. The first-order chi connectivity index (χ1) is 20.8. The molecule has 2 fully saturated rings. The van der Waals surface area contributed by atoms with Gasteiger partial charge in [0.15, 0.2) is 0 Å². The molecule has 0 spiro atoms. The number of carbonyl (C=O) groups excluding carboxylic acids is 1. The number of hydrogen-bond acceptors (Lipinski definition) is 6. The molecule has 8 nitrogen and oxygen atoms in total. The Morgan fingerprint density at radius 2 is 1.60 bits per heavy atom. The maximum Gasteiger partial charge on any atom is 0.238 e. The number of nitrogens with zero attached hydrogens (tertiary/aromatic N) is 4. The largest absolute Gasteiger partial charge is 0.492 e. The third kappa shape index (κ3) is 7.20. The molecule has 0 radical (unpaired) electrons. The van der Waals surface area contributed by atoms with Crippen molar-refractivity contribution in [3.05, 3.63) is 72.3 Å². The van der Waals surface area contributed by atoms with E-state index in [4.69, 9.17) is 9.72 Å².